The van der Waals surface area contributed by atoms with Crippen molar-refractivity contribution >= 4 is 11.9 Å². The second-order valence-corrected chi connectivity index (χ2v) is 3.58. The Morgan fingerprint density at radius 3 is 2.61 bits per heavy atom. The molecule has 0 saturated carbocycles. The molecule has 96 valence electrons. The molecule has 1 aromatic carbocycles. The molecule has 0 aliphatic heterocycles. The highest BCUT2D eigenvalue weighted by Gasteiger charge is 2.06. The summed E-state index contributed by atoms with van der Waals surface area (Å²) < 4.78 is 4.99. The topological polar surface area (TPSA) is 89.6 Å². The summed E-state index contributed by atoms with van der Waals surface area (Å²) in [6, 6.07) is 7.63. The zero-order chi connectivity index (χ0) is 13.4. The van der Waals surface area contributed by atoms with E-state index in [1.54, 1.807) is 30.3 Å². The van der Waals surface area contributed by atoms with Crippen LogP contribution in [0.25, 0.3) is 0 Å². The minimum atomic E-state index is -1.09. The van der Waals surface area contributed by atoms with Crippen molar-refractivity contribution in [3.63, 3.8) is 0 Å². The smallest absolute Gasteiger partial charge is 0.338 e. The zero-order valence-electron chi connectivity index (χ0n) is 9.78. The number of carboxylic acid groups (broad SMARTS) is 1. The predicted molar refractivity (Wildman–Crippen MR) is 66.1 cm³/mol. The molecule has 0 aliphatic rings. The van der Waals surface area contributed by atoms with Gasteiger partial charge in [-0.3, -0.25) is 4.79 Å². The molecule has 18 heavy (non-hydrogen) atoms. The minimum absolute atomic E-state index is 0.191. The maximum atomic E-state index is 11.5. The van der Waals surface area contributed by atoms with Crippen LogP contribution in [0.15, 0.2) is 42.5 Å². The Morgan fingerprint density at radius 1 is 1.33 bits per heavy atom. The summed E-state index contributed by atoms with van der Waals surface area (Å²) in [5.41, 5.74) is 5.75. The van der Waals surface area contributed by atoms with Crippen LogP contribution in [0.1, 0.15) is 16.8 Å². The van der Waals surface area contributed by atoms with E-state index in [9.17, 15) is 9.59 Å². The SMILES string of the molecule is NC(/C=C/CCOC(=O)c1ccccc1)C(=O)O. The van der Waals surface area contributed by atoms with Gasteiger partial charge < -0.3 is 15.6 Å². The number of nitrogens with two attached hydrogens (primary N) is 1. The van der Waals surface area contributed by atoms with E-state index < -0.39 is 18.0 Å². The molecule has 1 unspecified atom stereocenters. The van der Waals surface area contributed by atoms with Crippen LogP contribution in [0.3, 0.4) is 0 Å². The number of rotatable bonds is 6. The fraction of sp³-hybridized carbons (Fsp3) is 0.231. The number of hydrogen-bond donors (Lipinski definition) is 2. The molecule has 0 amide bonds. The minimum Gasteiger partial charge on any atom is -0.480 e. The predicted octanol–water partition coefficient (Wildman–Crippen LogP) is 1.20. The van der Waals surface area contributed by atoms with Crippen LogP contribution in [0, 0.1) is 0 Å². The van der Waals surface area contributed by atoms with Crippen molar-refractivity contribution in [2.24, 2.45) is 5.73 Å². The summed E-state index contributed by atoms with van der Waals surface area (Å²) in [6.45, 7) is 0.191. The van der Waals surface area contributed by atoms with Gasteiger partial charge in [0.1, 0.15) is 6.04 Å². The lowest BCUT2D eigenvalue weighted by molar-refractivity contribution is -0.137. The van der Waals surface area contributed by atoms with Gasteiger partial charge in [0, 0.05) is 0 Å². The van der Waals surface area contributed by atoms with Crippen molar-refractivity contribution in [3.8, 4) is 0 Å². The normalized spacial score (nSPS) is 12.3. The summed E-state index contributed by atoms with van der Waals surface area (Å²) in [5.74, 6) is -1.49. The van der Waals surface area contributed by atoms with Crippen LogP contribution in [-0.4, -0.2) is 29.7 Å². The van der Waals surface area contributed by atoms with Gasteiger partial charge in [0.05, 0.1) is 12.2 Å². The first-order valence-corrected chi connectivity index (χ1v) is 5.48. The fourth-order valence-corrected chi connectivity index (χ4v) is 1.20. The second kappa shape index (κ2) is 7.24. The highest BCUT2D eigenvalue weighted by atomic mass is 16.5. The molecule has 0 saturated heterocycles. The van der Waals surface area contributed by atoms with E-state index in [1.807, 2.05) is 6.07 Å². The van der Waals surface area contributed by atoms with Gasteiger partial charge in [0.15, 0.2) is 0 Å². The Balaban J connectivity index is 2.27. The molecule has 0 bridgehead atoms. The molecule has 1 rings (SSSR count). The van der Waals surface area contributed by atoms with E-state index in [4.69, 9.17) is 15.6 Å². The summed E-state index contributed by atoms with van der Waals surface area (Å²) in [7, 11) is 0. The van der Waals surface area contributed by atoms with Crippen LogP contribution in [0.2, 0.25) is 0 Å². The summed E-state index contributed by atoms with van der Waals surface area (Å²) >= 11 is 0. The average Bonchev–Trinajstić information content (AvgIpc) is 2.38. The van der Waals surface area contributed by atoms with Crippen LogP contribution in [0.4, 0.5) is 0 Å². The van der Waals surface area contributed by atoms with Gasteiger partial charge in [-0.1, -0.05) is 30.4 Å². The fourth-order valence-electron chi connectivity index (χ4n) is 1.20. The quantitative estimate of drug-likeness (QED) is 0.449. The number of esters is 1. The van der Waals surface area contributed by atoms with Crippen LogP contribution >= 0.6 is 0 Å². The van der Waals surface area contributed by atoms with Crippen molar-refractivity contribution in [2.75, 3.05) is 6.61 Å². The van der Waals surface area contributed by atoms with E-state index in [0.717, 1.165) is 0 Å². The van der Waals surface area contributed by atoms with Gasteiger partial charge in [-0.25, -0.2) is 4.79 Å². The lowest BCUT2D eigenvalue weighted by Gasteiger charge is -2.02. The number of carbonyl (C=O) groups is 2. The number of ether oxygens (including phenoxy) is 1. The molecular weight excluding hydrogens is 234 g/mol. The molecule has 0 spiro atoms. The largest absolute Gasteiger partial charge is 0.480 e. The molecule has 3 N–H and O–H groups in total. The van der Waals surface area contributed by atoms with Gasteiger partial charge in [-0.2, -0.15) is 0 Å². The zero-order valence-corrected chi connectivity index (χ0v) is 9.78. The number of carbonyl (C=O) groups excluding carboxylic acids is 1. The highest BCUT2D eigenvalue weighted by molar-refractivity contribution is 5.89. The number of aliphatic carboxylic acids is 1. The van der Waals surface area contributed by atoms with E-state index in [2.05, 4.69) is 0 Å². The Hall–Kier alpha value is -2.14. The number of hydrogen-bond acceptors (Lipinski definition) is 4. The van der Waals surface area contributed by atoms with Crippen molar-refractivity contribution in [2.45, 2.75) is 12.5 Å². The Labute approximate surface area is 105 Å². The Bertz CT molecular complexity index is 428. The van der Waals surface area contributed by atoms with Crippen molar-refractivity contribution < 1.29 is 19.4 Å². The number of benzene rings is 1. The first kappa shape index (κ1) is 13.9. The van der Waals surface area contributed by atoms with Crippen LogP contribution in [0.5, 0.6) is 0 Å². The molecule has 0 aromatic heterocycles. The maximum absolute atomic E-state index is 11.5. The van der Waals surface area contributed by atoms with Crippen LogP contribution < -0.4 is 5.73 Å². The standard InChI is InChI=1S/C13H15NO4/c14-11(12(15)16)8-4-5-9-18-13(17)10-6-2-1-3-7-10/h1-4,6-8,11H,5,9,14H2,(H,15,16)/b8-4+. The lowest BCUT2D eigenvalue weighted by atomic mass is 10.2. The first-order valence-electron chi connectivity index (χ1n) is 5.48. The highest BCUT2D eigenvalue weighted by Crippen LogP contribution is 2.01. The maximum Gasteiger partial charge on any atom is 0.338 e. The van der Waals surface area contributed by atoms with Crippen molar-refractivity contribution in [1.29, 1.82) is 0 Å². The van der Waals surface area contributed by atoms with Crippen molar-refractivity contribution in [3.05, 3.63) is 48.0 Å². The van der Waals surface area contributed by atoms with Crippen LogP contribution in [-0.2, 0) is 9.53 Å². The summed E-state index contributed by atoms with van der Waals surface area (Å²) in [4.78, 5) is 21.9. The molecule has 0 fully saturated rings. The van der Waals surface area contributed by atoms with E-state index in [-0.39, 0.29) is 6.61 Å². The van der Waals surface area contributed by atoms with Gasteiger partial charge in [-0.05, 0) is 18.6 Å². The van der Waals surface area contributed by atoms with Gasteiger partial charge in [-0.15, -0.1) is 0 Å². The van der Waals surface area contributed by atoms with E-state index in [1.165, 1.54) is 6.08 Å². The Morgan fingerprint density at radius 2 is 2.00 bits per heavy atom. The van der Waals surface area contributed by atoms with Gasteiger partial charge in [0.2, 0.25) is 0 Å². The average molecular weight is 249 g/mol. The molecule has 0 aliphatic carbocycles. The third kappa shape index (κ3) is 4.80. The summed E-state index contributed by atoms with van der Waals surface area (Å²) in [6.07, 6.45) is 3.37. The van der Waals surface area contributed by atoms with E-state index in [0.29, 0.717) is 12.0 Å². The van der Waals surface area contributed by atoms with Crippen molar-refractivity contribution in [1.82, 2.24) is 0 Å². The Kier molecular flexibility index (Phi) is 5.60. The molecule has 5 heteroatoms. The number of carboxylic acids is 1. The second-order valence-electron chi connectivity index (χ2n) is 3.58. The van der Waals surface area contributed by atoms with Gasteiger partial charge in [0.25, 0.3) is 0 Å². The summed E-state index contributed by atoms with van der Waals surface area (Å²) in [5, 5.41) is 8.51. The first-order chi connectivity index (χ1) is 8.61. The third-order valence-corrected chi connectivity index (χ3v) is 2.16. The van der Waals surface area contributed by atoms with E-state index >= 15 is 0 Å². The monoisotopic (exact) mass is 249 g/mol. The molecule has 0 heterocycles. The molecular formula is C13H15NO4. The molecule has 0 radical (unpaired) electrons. The van der Waals surface area contributed by atoms with Gasteiger partial charge >= 0.3 is 11.9 Å². The third-order valence-electron chi connectivity index (χ3n) is 2.16. The molecule has 1 aromatic rings. The molecule has 5 nitrogen and oxygen atoms in total. The molecule has 1 atom stereocenters. The lowest BCUT2D eigenvalue weighted by Crippen LogP contribution is -2.27.